The molecule has 0 saturated carbocycles. The van der Waals surface area contributed by atoms with Crippen LogP contribution in [0, 0.1) is 13.3 Å². The number of hydrogen-bond donors (Lipinski definition) is 4. The number of nitrogens with zero attached hydrogens (tertiary/aromatic N) is 2. The van der Waals surface area contributed by atoms with Gasteiger partial charge in [-0.05, 0) is 24.4 Å². The summed E-state index contributed by atoms with van der Waals surface area (Å²) >= 11 is 15.6. The second-order valence-corrected chi connectivity index (χ2v) is 12.7. The molecule has 0 aliphatic heterocycles. The lowest BCUT2D eigenvalue weighted by atomic mass is 9.96. The van der Waals surface area contributed by atoms with Crippen LogP contribution in [0.4, 0.5) is 0 Å². The lowest BCUT2D eigenvalue weighted by molar-refractivity contribution is -0.0396. The van der Waals surface area contributed by atoms with Crippen molar-refractivity contribution in [2.75, 3.05) is 37.9 Å². The molecule has 14 heteroatoms. The molecule has 2 rings (SSSR count). The summed E-state index contributed by atoms with van der Waals surface area (Å²) < 4.78 is 14.1. The number of hydrogen-bond acceptors (Lipinski definition) is 12. The minimum Gasteiger partial charge on any atom is -0.390 e. The molecular weight excluding hydrogens is 493 g/mol. The van der Waals surface area contributed by atoms with Crippen molar-refractivity contribution in [1.29, 1.82) is 0 Å². The van der Waals surface area contributed by atoms with Gasteiger partial charge in [-0.25, -0.2) is 0 Å². The SMILES string of the molecule is CC(C)(COCC(O)CSc1n[nH]c(=S)s1)COCC(O)CSc1n[nH]c(=S)s1. The Bertz CT molecular complexity index is 769. The molecule has 0 fully saturated rings. The summed E-state index contributed by atoms with van der Waals surface area (Å²) in [4.78, 5) is 0. The van der Waals surface area contributed by atoms with Gasteiger partial charge >= 0.3 is 0 Å². The molecule has 0 bridgehead atoms. The summed E-state index contributed by atoms with van der Waals surface area (Å²) in [6.07, 6.45) is -1.18. The summed E-state index contributed by atoms with van der Waals surface area (Å²) in [5, 5.41) is 33.6. The quantitative estimate of drug-likeness (QED) is 0.220. The average molecular weight is 517 g/mol. The largest absolute Gasteiger partial charge is 0.390 e. The first-order valence-electron chi connectivity index (χ1n) is 8.62. The van der Waals surface area contributed by atoms with Gasteiger partial charge in [0.15, 0.2) is 16.6 Å². The third-order valence-electron chi connectivity index (χ3n) is 3.24. The van der Waals surface area contributed by atoms with Crippen LogP contribution in [0.25, 0.3) is 0 Å². The molecule has 8 nitrogen and oxygen atoms in total. The molecule has 2 aromatic rings. The molecule has 0 amide bonds. The molecular formula is C15H24N4O4S6. The van der Waals surface area contributed by atoms with Crippen LogP contribution in [-0.4, -0.2) is 80.7 Å². The van der Waals surface area contributed by atoms with Crippen LogP contribution in [-0.2, 0) is 9.47 Å². The maximum Gasteiger partial charge on any atom is 0.177 e. The van der Waals surface area contributed by atoms with Crippen molar-refractivity contribution in [3.8, 4) is 0 Å². The summed E-state index contributed by atoms with van der Waals surface area (Å²) in [7, 11) is 0. The monoisotopic (exact) mass is 516 g/mol. The minimum absolute atomic E-state index is 0.233. The molecule has 0 radical (unpaired) electrons. The van der Waals surface area contributed by atoms with Crippen molar-refractivity contribution in [3.05, 3.63) is 7.91 Å². The topological polar surface area (TPSA) is 116 Å². The van der Waals surface area contributed by atoms with E-state index in [1.807, 2.05) is 13.8 Å². The Morgan fingerprint density at radius 2 is 1.34 bits per heavy atom. The molecule has 2 atom stereocenters. The van der Waals surface area contributed by atoms with Crippen LogP contribution in [0.2, 0.25) is 0 Å². The Labute approximate surface area is 195 Å². The zero-order valence-electron chi connectivity index (χ0n) is 16.0. The van der Waals surface area contributed by atoms with Crippen molar-refractivity contribution in [1.82, 2.24) is 20.4 Å². The lowest BCUT2D eigenvalue weighted by Gasteiger charge is -2.25. The molecule has 29 heavy (non-hydrogen) atoms. The molecule has 0 saturated heterocycles. The zero-order chi connectivity index (χ0) is 21.3. The lowest BCUT2D eigenvalue weighted by Crippen LogP contribution is -2.30. The van der Waals surface area contributed by atoms with E-state index in [1.54, 1.807) is 0 Å². The van der Waals surface area contributed by atoms with Gasteiger partial charge in [0.2, 0.25) is 0 Å². The van der Waals surface area contributed by atoms with Gasteiger partial charge in [0.1, 0.15) is 0 Å². The maximum atomic E-state index is 10.0. The summed E-state index contributed by atoms with van der Waals surface area (Å²) in [5.74, 6) is 0.974. The van der Waals surface area contributed by atoms with E-state index in [9.17, 15) is 10.2 Å². The fraction of sp³-hybridized carbons (Fsp3) is 0.733. The number of nitrogens with one attached hydrogen (secondary N) is 2. The second kappa shape index (κ2) is 12.8. The zero-order valence-corrected chi connectivity index (χ0v) is 20.9. The Balaban J connectivity index is 1.55. The Morgan fingerprint density at radius 1 is 0.931 bits per heavy atom. The van der Waals surface area contributed by atoms with E-state index >= 15 is 0 Å². The van der Waals surface area contributed by atoms with E-state index in [1.165, 1.54) is 46.2 Å². The summed E-state index contributed by atoms with van der Waals surface area (Å²) in [6.45, 7) is 5.39. The number of aliphatic hydroxyl groups is 2. The van der Waals surface area contributed by atoms with Crippen molar-refractivity contribution < 1.29 is 19.7 Å². The molecule has 2 aromatic heterocycles. The highest BCUT2D eigenvalue weighted by molar-refractivity contribution is 8.01. The summed E-state index contributed by atoms with van der Waals surface area (Å²) in [6, 6.07) is 0. The van der Waals surface area contributed by atoms with Gasteiger partial charge in [-0.15, -0.1) is 0 Å². The van der Waals surface area contributed by atoms with Gasteiger partial charge in [0, 0.05) is 16.9 Å². The van der Waals surface area contributed by atoms with Gasteiger partial charge < -0.3 is 19.7 Å². The third kappa shape index (κ3) is 10.8. The number of aromatic nitrogens is 4. The van der Waals surface area contributed by atoms with E-state index in [2.05, 4.69) is 20.4 Å². The van der Waals surface area contributed by atoms with Gasteiger partial charge in [0.05, 0.1) is 38.6 Å². The van der Waals surface area contributed by atoms with Gasteiger partial charge in [-0.1, -0.05) is 60.0 Å². The fourth-order valence-corrected chi connectivity index (χ4v) is 6.00. The first-order valence-corrected chi connectivity index (χ1v) is 13.0. The fourth-order valence-electron chi connectivity index (χ4n) is 1.97. The number of ether oxygens (including phenoxy) is 2. The van der Waals surface area contributed by atoms with Gasteiger partial charge in [-0.3, -0.25) is 10.2 Å². The van der Waals surface area contributed by atoms with Gasteiger partial charge in [-0.2, -0.15) is 10.2 Å². The Hall–Kier alpha value is 0.1000. The van der Waals surface area contributed by atoms with Crippen LogP contribution >= 0.6 is 70.6 Å². The van der Waals surface area contributed by atoms with E-state index in [0.29, 0.717) is 32.6 Å². The number of aromatic amines is 2. The van der Waals surface area contributed by atoms with Crippen molar-refractivity contribution in [2.45, 2.75) is 34.7 Å². The van der Waals surface area contributed by atoms with Crippen LogP contribution in [0.5, 0.6) is 0 Å². The Morgan fingerprint density at radius 3 is 1.69 bits per heavy atom. The van der Waals surface area contributed by atoms with Crippen LogP contribution < -0.4 is 0 Å². The molecule has 0 aliphatic rings. The highest BCUT2D eigenvalue weighted by Crippen LogP contribution is 2.23. The first kappa shape index (κ1) is 25.4. The molecule has 2 heterocycles. The normalized spacial score (nSPS) is 14.2. The predicted molar refractivity (Wildman–Crippen MR) is 123 cm³/mol. The number of aliphatic hydroxyl groups excluding tert-OH is 2. The first-order chi connectivity index (χ1) is 13.7. The van der Waals surface area contributed by atoms with Crippen LogP contribution in [0.3, 0.4) is 0 Å². The maximum absolute atomic E-state index is 10.0. The standard InChI is InChI=1S/C15H24N4O4S6/c1-15(2,7-22-3-9(20)5-26-13-18-16-11(24)28-13)8-23-4-10(21)6-27-14-19-17-12(25)29-14/h9-10,20-21H,3-8H2,1-2H3,(H,16,24)(H,17,25). The number of rotatable bonds is 14. The smallest absolute Gasteiger partial charge is 0.177 e. The number of H-pyrrole nitrogens is 2. The van der Waals surface area contributed by atoms with E-state index in [-0.39, 0.29) is 18.6 Å². The molecule has 0 aliphatic carbocycles. The van der Waals surface area contributed by atoms with Crippen molar-refractivity contribution >= 4 is 70.6 Å². The van der Waals surface area contributed by atoms with Gasteiger partial charge in [0.25, 0.3) is 0 Å². The van der Waals surface area contributed by atoms with E-state index < -0.39 is 12.2 Å². The number of thioether (sulfide) groups is 2. The van der Waals surface area contributed by atoms with Crippen LogP contribution in [0.15, 0.2) is 8.68 Å². The van der Waals surface area contributed by atoms with Crippen molar-refractivity contribution in [2.24, 2.45) is 5.41 Å². The molecule has 4 N–H and O–H groups in total. The highest BCUT2D eigenvalue weighted by atomic mass is 32.2. The minimum atomic E-state index is -0.591. The average Bonchev–Trinajstić information content (AvgIpc) is 3.26. The predicted octanol–water partition coefficient (Wildman–Crippen LogP) is 3.38. The van der Waals surface area contributed by atoms with Crippen molar-refractivity contribution in [3.63, 3.8) is 0 Å². The molecule has 164 valence electrons. The van der Waals surface area contributed by atoms with E-state index in [4.69, 9.17) is 33.9 Å². The van der Waals surface area contributed by atoms with E-state index in [0.717, 1.165) is 8.68 Å². The molecule has 2 unspecified atom stereocenters. The molecule has 0 aromatic carbocycles. The second-order valence-electron chi connectivity index (χ2n) is 6.88. The third-order valence-corrected chi connectivity index (χ3v) is 8.00. The van der Waals surface area contributed by atoms with Crippen LogP contribution in [0.1, 0.15) is 13.8 Å². The summed E-state index contributed by atoms with van der Waals surface area (Å²) in [5.41, 5.74) is -0.233. The highest BCUT2D eigenvalue weighted by Gasteiger charge is 2.20. The molecule has 0 spiro atoms. The Kier molecular flexibility index (Phi) is 11.2.